The van der Waals surface area contributed by atoms with E-state index in [1.165, 1.54) is 12.1 Å². The third kappa shape index (κ3) is 3.31. The molecular weight excluding hydrogens is 285 g/mol. The standard InChI is InChI=1S/C17H22FNO3/c18-13-4-1-3-12(9-13)10-17(21)19-7-8-22-11-15(19)14-5-2-6-16(14)20/h1,3-4,9,14-16,20H,2,5-8,10-11H2. The third-order valence-corrected chi connectivity index (χ3v) is 4.76. The Morgan fingerprint density at radius 1 is 1.41 bits per heavy atom. The van der Waals surface area contributed by atoms with E-state index in [1.807, 2.05) is 4.90 Å². The molecule has 3 unspecified atom stereocenters. The van der Waals surface area contributed by atoms with Gasteiger partial charge in [0.05, 0.1) is 31.8 Å². The van der Waals surface area contributed by atoms with Crippen molar-refractivity contribution >= 4 is 5.91 Å². The van der Waals surface area contributed by atoms with Crippen molar-refractivity contribution in [2.75, 3.05) is 19.8 Å². The zero-order valence-corrected chi connectivity index (χ0v) is 12.6. The number of hydrogen-bond acceptors (Lipinski definition) is 3. The molecule has 1 saturated heterocycles. The van der Waals surface area contributed by atoms with E-state index in [4.69, 9.17) is 4.74 Å². The van der Waals surface area contributed by atoms with Gasteiger partial charge in [0.25, 0.3) is 0 Å². The summed E-state index contributed by atoms with van der Waals surface area (Å²) in [6, 6.07) is 6.10. The van der Waals surface area contributed by atoms with Gasteiger partial charge < -0.3 is 14.7 Å². The van der Waals surface area contributed by atoms with E-state index >= 15 is 0 Å². The maximum Gasteiger partial charge on any atom is 0.227 e. The van der Waals surface area contributed by atoms with Crippen molar-refractivity contribution in [3.05, 3.63) is 35.6 Å². The fraction of sp³-hybridized carbons (Fsp3) is 0.588. The minimum absolute atomic E-state index is 0.0157. The second-order valence-electron chi connectivity index (χ2n) is 6.20. The molecule has 5 heteroatoms. The monoisotopic (exact) mass is 307 g/mol. The van der Waals surface area contributed by atoms with Crippen molar-refractivity contribution in [1.82, 2.24) is 4.90 Å². The Labute approximate surface area is 129 Å². The molecule has 120 valence electrons. The highest BCUT2D eigenvalue weighted by Gasteiger charge is 2.39. The molecular formula is C17H22FNO3. The fourth-order valence-corrected chi connectivity index (χ4v) is 3.63. The van der Waals surface area contributed by atoms with Gasteiger partial charge in [-0.15, -0.1) is 0 Å². The summed E-state index contributed by atoms with van der Waals surface area (Å²) in [4.78, 5) is 14.4. The molecule has 1 amide bonds. The average molecular weight is 307 g/mol. The van der Waals surface area contributed by atoms with Crippen LogP contribution >= 0.6 is 0 Å². The summed E-state index contributed by atoms with van der Waals surface area (Å²) in [7, 11) is 0. The minimum atomic E-state index is -0.351. The number of nitrogens with zero attached hydrogens (tertiary/aromatic N) is 1. The molecule has 1 saturated carbocycles. The second kappa shape index (κ2) is 6.75. The number of carbonyl (C=O) groups is 1. The maximum absolute atomic E-state index is 13.3. The Morgan fingerprint density at radius 2 is 2.27 bits per heavy atom. The lowest BCUT2D eigenvalue weighted by atomic mass is 9.93. The number of aliphatic hydroxyl groups is 1. The highest BCUT2D eigenvalue weighted by atomic mass is 19.1. The van der Waals surface area contributed by atoms with Crippen LogP contribution in [0.5, 0.6) is 0 Å². The summed E-state index contributed by atoms with van der Waals surface area (Å²) >= 11 is 0. The van der Waals surface area contributed by atoms with Crippen LogP contribution in [0.1, 0.15) is 24.8 Å². The molecule has 1 heterocycles. The highest BCUT2D eigenvalue weighted by Crippen LogP contribution is 2.32. The number of aliphatic hydroxyl groups excluding tert-OH is 1. The van der Waals surface area contributed by atoms with Gasteiger partial charge in [0, 0.05) is 12.5 Å². The molecule has 0 aromatic heterocycles. The number of benzene rings is 1. The van der Waals surface area contributed by atoms with Gasteiger partial charge in [-0.1, -0.05) is 18.6 Å². The number of halogens is 1. The molecule has 0 spiro atoms. The van der Waals surface area contributed by atoms with Gasteiger partial charge in [0.15, 0.2) is 0 Å². The van der Waals surface area contributed by atoms with Gasteiger partial charge in [-0.05, 0) is 30.5 Å². The van der Waals surface area contributed by atoms with Crippen LogP contribution in [0, 0.1) is 11.7 Å². The van der Waals surface area contributed by atoms with Crippen molar-refractivity contribution in [2.24, 2.45) is 5.92 Å². The summed E-state index contributed by atoms with van der Waals surface area (Å²) < 4.78 is 18.8. The van der Waals surface area contributed by atoms with Crippen molar-refractivity contribution in [1.29, 1.82) is 0 Å². The first-order valence-electron chi connectivity index (χ1n) is 7.95. The van der Waals surface area contributed by atoms with Crippen LogP contribution in [0.4, 0.5) is 4.39 Å². The summed E-state index contributed by atoms with van der Waals surface area (Å²) in [6.45, 7) is 1.55. The Kier molecular flexibility index (Phi) is 4.74. The van der Waals surface area contributed by atoms with Gasteiger partial charge >= 0.3 is 0 Å². The van der Waals surface area contributed by atoms with Crippen molar-refractivity contribution in [3.63, 3.8) is 0 Å². The summed E-state index contributed by atoms with van der Waals surface area (Å²) in [5.41, 5.74) is 0.683. The second-order valence-corrected chi connectivity index (χ2v) is 6.20. The predicted octanol–water partition coefficient (Wildman–Crippen LogP) is 1.76. The fourth-order valence-electron chi connectivity index (χ4n) is 3.63. The molecule has 2 fully saturated rings. The molecule has 2 aliphatic rings. The van der Waals surface area contributed by atoms with Crippen LogP contribution in [-0.2, 0) is 16.0 Å². The SMILES string of the molecule is O=C(Cc1cccc(F)c1)N1CCOCC1C1CCCC1O. The summed E-state index contributed by atoms with van der Waals surface area (Å²) in [5, 5.41) is 10.1. The lowest BCUT2D eigenvalue weighted by Gasteiger charge is -2.40. The topological polar surface area (TPSA) is 49.8 Å². The molecule has 22 heavy (non-hydrogen) atoms. The van der Waals surface area contributed by atoms with E-state index in [1.54, 1.807) is 12.1 Å². The van der Waals surface area contributed by atoms with E-state index in [9.17, 15) is 14.3 Å². The minimum Gasteiger partial charge on any atom is -0.393 e. The first-order chi connectivity index (χ1) is 10.6. The number of amides is 1. The van der Waals surface area contributed by atoms with Crippen molar-refractivity contribution in [3.8, 4) is 0 Å². The van der Waals surface area contributed by atoms with Crippen LogP contribution in [0.3, 0.4) is 0 Å². The molecule has 3 rings (SSSR count). The third-order valence-electron chi connectivity index (χ3n) is 4.76. The van der Waals surface area contributed by atoms with Gasteiger partial charge in [-0.3, -0.25) is 4.79 Å². The molecule has 1 N–H and O–H groups in total. The normalized spacial score (nSPS) is 28.8. The van der Waals surface area contributed by atoms with Gasteiger partial charge in [-0.2, -0.15) is 0 Å². The van der Waals surface area contributed by atoms with Gasteiger partial charge in [0.1, 0.15) is 5.82 Å². The lowest BCUT2D eigenvalue weighted by Crippen LogP contribution is -2.54. The molecule has 3 atom stereocenters. The van der Waals surface area contributed by atoms with Gasteiger partial charge in [-0.25, -0.2) is 4.39 Å². The van der Waals surface area contributed by atoms with E-state index in [2.05, 4.69) is 0 Å². The first-order valence-corrected chi connectivity index (χ1v) is 7.95. The number of hydrogen-bond donors (Lipinski definition) is 1. The number of morpholine rings is 1. The molecule has 1 aromatic carbocycles. The Morgan fingerprint density at radius 3 is 3.00 bits per heavy atom. The molecule has 1 aliphatic heterocycles. The summed E-state index contributed by atoms with van der Waals surface area (Å²) in [5.74, 6) is -0.246. The zero-order chi connectivity index (χ0) is 15.5. The van der Waals surface area contributed by atoms with Crippen LogP contribution in [0.25, 0.3) is 0 Å². The molecule has 0 radical (unpaired) electrons. The Hall–Kier alpha value is -1.46. The molecule has 1 aromatic rings. The van der Waals surface area contributed by atoms with E-state index in [-0.39, 0.29) is 36.2 Å². The first kappa shape index (κ1) is 15.4. The number of ether oxygens (including phenoxy) is 1. The van der Waals surface area contributed by atoms with Gasteiger partial charge in [0.2, 0.25) is 5.91 Å². The smallest absolute Gasteiger partial charge is 0.227 e. The highest BCUT2D eigenvalue weighted by molar-refractivity contribution is 5.79. The Bertz CT molecular complexity index is 536. The largest absolute Gasteiger partial charge is 0.393 e. The van der Waals surface area contributed by atoms with E-state index in [0.717, 1.165) is 19.3 Å². The van der Waals surface area contributed by atoms with Crippen molar-refractivity contribution < 1.29 is 19.0 Å². The zero-order valence-electron chi connectivity index (χ0n) is 12.6. The van der Waals surface area contributed by atoms with E-state index < -0.39 is 0 Å². The molecule has 1 aliphatic carbocycles. The number of carbonyl (C=O) groups excluding carboxylic acids is 1. The van der Waals surface area contributed by atoms with Crippen LogP contribution in [0.2, 0.25) is 0 Å². The van der Waals surface area contributed by atoms with Crippen LogP contribution in [-0.4, -0.2) is 47.8 Å². The van der Waals surface area contributed by atoms with Crippen LogP contribution in [0.15, 0.2) is 24.3 Å². The lowest BCUT2D eigenvalue weighted by molar-refractivity contribution is -0.143. The number of rotatable bonds is 3. The van der Waals surface area contributed by atoms with Crippen molar-refractivity contribution in [2.45, 2.75) is 37.8 Å². The van der Waals surface area contributed by atoms with E-state index in [0.29, 0.717) is 25.3 Å². The molecule has 0 bridgehead atoms. The van der Waals surface area contributed by atoms with Crippen LogP contribution < -0.4 is 0 Å². The average Bonchev–Trinajstić information content (AvgIpc) is 2.93. The predicted molar refractivity (Wildman–Crippen MR) is 79.8 cm³/mol. The Balaban J connectivity index is 1.71. The molecule has 4 nitrogen and oxygen atoms in total. The summed E-state index contributed by atoms with van der Waals surface area (Å²) in [6.07, 6.45) is 2.56. The quantitative estimate of drug-likeness (QED) is 0.926. The maximum atomic E-state index is 13.3.